The van der Waals surface area contributed by atoms with Gasteiger partial charge in [0, 0.05) is 37.5 Å². The van der Waals surface area contributed by atoms with E-state index < -0.39 is 0 Å². The largest absolute Gasteiger partial charge is 0.348 e. The van der Waals surface area contributed by atoms with Gasteiger partial charge < -0.3 is 5.32 Å². The highest BCUT2D eigenvalue weighted by molar-refractivity contribution is 9.10. The molecule has 1 aliphatic heterocycles. The summed E-state index contributed by atoms with van der Waals surface area (Å²) >= 11 is 5.25. The summed E-state index contributed by atoms with van der Waals surface area (Å²) in [5.41, 5.74) is 5.48. The van der Waals surface area contributed by atoms with Crippen LogP contribution in [-0.2, 0) is 6.54 Å². The molecule has 0 spiro atoms. The maximum Gasteiger partial charge on any atom is 0.251 e. The Balaban J connectivity index is 1.52. The molecule has 0 aliphatic carbocycles. The van der Waals surface area contributed by atoms with Crippen molar-refractivity contribution < 1.29 is 4.79 Å². The average molecular weight is 499 g/mol. The fourth-order valence-electron chi connectivity index (χ4n) is 3.62. The predicted octanol–water partition coefficient (Wildman–Crippen LogP) is 7.01. The number of nitrogens with zero attached hydrogens (tertiary/aromatic N) is 1. The Labute approximate surface area is 199 Å². The predicted molar refractivity (Wildman–Crippen MR) is 134 cm³/mol. The van der Waals surface area contributed by atoms with Crippen LogP contribution in [0.4, 0.5) is 5.69 Å². The highest BCUT2D eigenvalue weighted by Gasteiger charge is 2.20. The molecule has 1 heterocycles. The van der Waals surface area contributed by atoms with Crippen molar-refractivity contribution in [3.8, 4) is 0 Å². The number of fused-ring (bicyclic) bond motifs is 2. The first-order valence-corrected chi connectivity index (χ1v) is 11.9. The normalized spacial score (nSPS) is 12.2. The van der Waals surface area contributed by atoms with Gasteiger partial charge in [0.1, 0.15) is 0 Å². The molecule has 4 aromatic carbocycles. The molecule has 3 nitrogen and oxygen atoms in total. The summed E-state index contributed by atoms with van der Waals surface area (Å²) < 4.78 is 1.00. The molecular formula is C27H19BrN2OS. The van der Waals surface area contributed by atoms with Gasteiger partial charge in [-0.25, -0.2) is 4.99 Å². The van der Waals surface area contributed by atoms with Gasteiger partial charge in [-0.05, 0) is 42.0 Å². The Morgan fingerprint density at radius 1 is 0.844 bits per heavy atom. The molecule has 1 amide bonds. The summed E-state index contributed by atoms with van der Waals surface area (Å²) in [5, 5.41) is 3.00. The van der Waals surface area contributed by atoms with Crippen molar-refractivity contribution in [3.05, 3.63) is 124 Å². The third-order valence-corrected chi connectivity index (χ3v) is 6.84. The molecule has 32 heavy (non-hydrogen) atoms. The van der Waals surface area contributed by atoms with Crippen LogP contribution in [0.15, 0.2) is 116 Å². The van der Waals surface area contributed by atoms with Gasteiger partial charge >= 0.3 is 0 Å². The highest BCUT2D eigenvalue weighted by atomic mass is 79.9. The lowest BCUT2D eigenvalue weighted by atomic mass is 10.0. The molecule has 5 rings (SSSR count). The number of hydrogen-bond acceptors (Lipinski definition) is 3. The van der Waals surface area contributed by atoms with Crippen molar-refractivity contribution in [3.63, 3.8) is 0 Å². The van der Waals surface area contributed by atoms with Crippen molar-refractivity contribution in [1.29, 1.82) is 0 Å². The Morgan fingerprint density at radius 3 is 2.50 bits per heavy atom. The monoisotopic (exact) mass is 498 g/mol. The second-order valence-corrected chi connectivity index (χ2v) is 9.42. The van der Waals surface area contributed by atoms with Crippen molar-refractivity contribution in [2.45, 2.75) is 16.3 Å². The van der Waals surface area contributed by atoms with E-state index in [1.54, 1.807) is 11.8 Å². The van der Waals surface area contributed by atoms with Crippen LogP contribution >= 0.6 is 27.7 Å². The van der Waals surface area contributed by atoms with E-state index in [1.807, 2.05) is 72.8 Å². The maximum atomic E-state index is 12.8. The number of aliphatic imine (C=N–C) groups is 1. The van der Waals surface area contributed by atoms with Crippen LogP contribution in [0.25, 0.3) is 0 Å². The molecule has 0 fully saturated rings. The summed E-state index contributed by atoms with van der Waals surface area (Å²) in [6.07, 6.45) is 0. The van der Waals surface area contributed by atoms with Crippen LogP contribution < -0.4 is 5.32 Å². The van der Waals surface area contributed by atoms with Crippen molar-refractivity contribution in [1.82, 2.24) is 5.32 Å². The van der Waals surface area contributed by atoms with Crippen molar-refractivity contribution in [2.75, 3.05) is 0 Å². The number of amides is 1. The third kappa shape index (κ3) is 4.40. The molecule has 1 aliphatic rings. The van der Waals surface area contributed by atoms with Crippen LogP contribution in [-0.4, -0.2) is 11.6 Å². The molecule has 0 bridgehead atoms. The number of nitrogens with one attached hydrogen (secondary N) is 1. The van der Waals surface area contributed by atoms with E-state index in [1.165, 1.54) is 0 Å². The Hall–Kier alpha value is -3.15. The standard InChI is InChI=1S/C27H19BrN2OS/c28-21-10-6-9-19(15-21)26-22-11-4-5-12-24(22)32-25-14-13-20(16-23(25)30-26)27(31)29-17-18-7-2-1-3-8-18/h1-16H,17H2,(H,29,31). The molecule has 0 saturated carbocycles. The minimum atomic E-state index is -0.109. The minimum Gasteiger partial charge on any atom is -0.348 e. The summed E-state index contributed by atoms with van der Waals surface area (Å²) in [5.74, 6) is -0.109. The van der Waals surface area contributed by atoms with E-state index in [0.29, 0.717) is 12.1 Å². The molecule has 4 aromatic rings. The van der Waals surface area contributed by atoms with Gasteiger partial charge in [0.15, 0.2) is 0 Å². The van der Waals surface area contributed by atoms with Gasteiger partial charge in [0.05, 0.1) is 11.4 Å². The molecule has 0 saturated heterocycles. The number of carbonyl (C=O) groups is 1. The maximum absolute atomic E-state index is 12.8. The number of benzene rings is 4. The number of rotatable bonds is 4. The van der Waals surface area contributed by atoms with Gasteiger partial charge in [-0.2, -0.15) is 0 Å². The number of hydrogen-bond donors (Lipinski definition) is 1. The molecule has 0 unspecified atom stereocenters. The van der Waals surface area contributed by atoms with E-state index in [-0.39, 0.29) is 5.91 Å². The molecule has 0 radical (unpaired) electrons. The van der Waals surface area contributed by atoms with E-state index in [4.69, 9.17) is 4.99 Å². The molecule has 156 valence electrons. The van der Waals surface area contributed by atoms with Crippen molar-refractivity contribution in [2.24, 2.45) is 4.99 Å². The SMILES string of the molecule is O=C(NCc1ccccc1)c1ccc2c(c1)N=C(c1cccc(Br)c1)c1ccccc1S2. The fourth-order valence-corrected chi connectivity index (χ4v) is 5.02. The topological polar surface area (TPSA) is 41.5 Å². The van der Waals surface area contributed by atoms with Gasteiger partial charge in [0.25, 0.3) is 5.91 Å². The third-order valence-electron chi connectivity index (χ3n) is 5.21. The lowest BCUT2D eigenvalue weighted by Gasteiger charge is -2.09. The second-order valence-electron chi connectivity index (χ2n) is 7.42. The van der Waals surface area contributed by atoms with E-state index in [9.17, 15) is 4.79 Å². The minimum absolute atomic E-state index is 0.109. The van der Waals surface area contributed by atoms with Crippen LogP contribution in [0.5, 0.6) is 0 Å². The summed E-state index contributed by atoms with van der Waals surface area (Å²) in [6.45, 7) is 0.490. The molecule has 5 heteroatoms. The zero-order valence-electron chi connectivity index (χ0n) is 17.1. The van der Waals surface area contributed by atoms with Gasteiger partial charge in [0.2, 0.25) is 0 Å². The molecule has 1 N–H and O–H groups in total. The number of halogens is 1. The van der Waals surface area contributed by atoms with Crippen LogP contribution in [0, 0.1) is 0 Å². The Kier molecular flexibility index (Phi) is 5.93. The summed E-state index contributed by atoms with van der Waals surface area (Å²) in [7, 11) is 0. The average Bonchev–Trinajstić information content (AvgIpc) is 2.99. The van der Waals surface area contributed by atoms with E-state index in [0.717, 1.165) is 42.4 Å². The first kappa shape index (κ1) is 20.7. The van der Waals surface area contributed by atoms with Gasteiger partial charge in [-0.3, -0.25) is 4.79 Å². The van der Waals surface area contributed by atoms with Crippen LogP contribution in [0.3, 0.4) is 0 Å². The zero-order chi connectivity index (χ0) is 21.9. The lowest BCUT2D eigenvalue weighted by Crippen LogP contribution is -2.22. The second kappa shape index (κ2) is 9.15. The molecular weight excluding hydrogens is 480 g/mol. The van der Waals surface area contributed by atoms with E-state index in [2.05, 4.69) is 45.5 Å². The van der Waals surface area contributed by atoms with Crippen LogP contribution in [0.1, 0.15) is 27.0 Å². The fraction of sp³-hybridized carbons (Fsp3) is 0.0370. The van der Waals surface area contributed by atoms with Gasteiger partial charge in [-0.1, -0.05) is 88.4 Å². The van der Waals surface area contributed by atoms with Gasteiger partial charge in [-0.15, -0.1) is 0 Å². The Morgan fingerprint density at radius 2 is 1.66 bits per heavy atom. The van der Waals surface area contributed by atoms with E-state index >= 15 is 0 Å². The highest BCUT2D eigenvalue weighted by Crippen LogP contribution is 2.41. The molecule has 0 aromatic heterocycles. The first-order chi connectivity index (χ1) is 15.7. The lowest BCUT2D eigenvalue weighted by molar-refractivity contribution is 0.0951. The zero-order valence-corrected chi connectivity index (χ0v) is 19.5. The summed E-state index contributed by atoms with van der Waals surface area (Å²) in [6, 6.07) is 32.1. The number of carbonyl (C=O) groups excluding carboxylic acids is 1. The van der Waals surface area contributed by atoms with Crippen molar-refractivity contribution >= 4 is 45.0 Å². The summed E-state index contributed by atoms with van der Waals surface area (Å²) in [4.78, 5) is 20.1. The Bertz CT molecular complexity index is 1330. The first-order valence-electron chi connectivity index (χ1n) is 10.3. The smallest absolute Gasteiger partial charge is 0.251 e. The van der Waals surface area contributed by atoms with Crippen LogP contribution in [0.2, 0.25) is 0 Å². The quantitative estimate of drug-likeness (QED) is 0.289. The molecule has 0 atom stereocenters.